The van der Waals surface area contributed by atoms with Gasteiger partial charge in [-0.2, -0.15) is 0 Å². The summed E-state index contributed by atoms with van der Waals surface area (Å²) in [5.74, 6) is 0.930. The Morgan fingerprint density at radius 1 is 1.21 bits per heavy atom. The zero-order valence-corrected chi connectivity index (χ0v) is 9.73. The molecule has 2 N–H and O–H groups in total. The van der Waals surface area contributed by atoms with E-state index in [1.54, 1.807) is 0 Å². The lowest BCUT2D eigenvalue weighted by atomic mass is 10.1. The first-order chi connectivity index (χ1) is 6.66. The van der Waals surface area contributed by atoms with Gasteiger partial charge < -0.3 is 10.6 Å². The van der Waals surface area contributed by atoms with Gasteiger partial charge in [0.15, 0.2) is 0 Å². The molecule has 14 heavy (non-hydrogen) atoms. The fourth-order valence-electron chi connectivity index (χ4n) is 1.23. The van der Waals surface area contributed by atoms with Crippen molar-refractivity contribution < 1.29 is 4.79 Å². The van der Waals surface area contributed by atoms with Crippen molar-refractivity contribution in [1.82, 2.24) is 10.6 Å². The third kappa shape index (κ3) is 9.52. The average molecular weight is 200 g/mol. The van der Waals surface area contributed by atoms with Gasteiger partial charge >= 0.3 is 0 Å². The van der Waals surface area contributed by atoms with Crippen LogP contribution in [0.25, 0.3) is 0 Å². The van der Waals surface area contributed by atoms with E-state index in [0.717, 1.165) is 25.4 Å². The lowest BCUT2D eigenvalue weighted by Crippen LogP contribution is -2.27. The highest BCUT2D eigenvalue weighted by Crippen LogP contribution is 2.04. The van der Waals surface area contributed by atoms with E-state index in [9.17, 15) is 4.79 Å². The van der Waals surface area contributed by atoms with Gasteiger partial charge in [-0.15, -0.1) is 0 Å². The highest BCUT2D eigenvalue weighted by Gasteiger charge is 1.99. The first-order valence-electron chi connectivity index (χ1n) is 5.58. The molecule has 1 amide bonds. The van der Waals surface area contributed by atoms with E-state index in [4.69, 9.17) is 0 Å². The molecular weight excluding hydrogens is 176 g/mol. The van der Waals surface area contributed by atoms with E-state index in [2.05, 4.69) is 24.5 Å². The van der Waals surface area contributed by atoms with Gasteiger partial charge in [0.05, 0.1) is 0 Å². The van der Waals surface area contributed by atoms with Crippen LogP contribution in [-0.4, -0.2) is 26.0 Å². The molecule has 0 saturated carbocycles. The molecule has 0 heterocycles. The van der Waals surface area contributed by atoms with Gasteiger partial charge in [0.1, 0.15) is 0 Å². The van der Waals surface area contributed by atoms with Crippen LogP contribution in [0.5, 0.6) is 0 Å². The molecule has 3 heteroatoms. The van der Waals surface area contributed by atoms with Gasteiger partial charge in [0.25, 0.3) is 0 Å². The van der Waals surface area contributed by atoms with Gasteiger partial charge in [0, 0.05) is 19.5 Å². The minimum absolute atomic E-state index is 0.156. The van der Waals surface area contributed by atoms with E-state index in [1.807, 2.05) is 7.05 Å². The maximum atomic E-state index is 11.1. The van der Waals surface area contributed by atoms with Gasteiger partial charge in [-0.05, 0) is 19.4 Å². The van der Waals surface area contributed by atoms with Gasteiger partial charge in [-0.25, -0.2) is 0 Å². The molecule has 0 rings (SSSR count). The third-order valence-corrected chi connectivity index (χ3v) is 2.13. The summed E-state index contributed by atoms with van der Waals surface area (Å²) in [6.07, 6.45) is 4.15. The van der Waals surface area contributed by atoms with Crippen LogP contribution >= 0.6 is 0 Å². The molecule has 0 aliphatic rings. The quantitative estimate of drug-likeness (QED) is 0.584. The van der Waals surface area contributed by atoms with E-state index in [-0.39, 0.29) is 5.91 Å². The molecule has 0 fully saturated rings. The second-order valence-corrected chi connectivity index (χ2v) is 4.09. The Morgan fingerprint density at radius 3 is 2.50 bits per heavy atom. The number of hydrogen-bond donors (Lipinski definition) is 2. The van der Waals surface area contributed by atoms with Crippen LogP contribution in [0.15, 0.2) is 0 Å². The SMILES string of the molecule is CNCCC(=O)NCCCCC(C)C. The summed E-state index contributed by atoms with van der Waals surface area (Å²) >= 11 is 0. The largest absolute Gasteiger partial charge is 0.356 e. The fourth-order valence-corrected chi connectivity index (χ4v) is 1.23. The van der Waals surface area contributed by atoms with Crippen LogP contribution < -0.4 is 10.6 Å². The van der Waals surface area contributed by atoms with Crippen molar-refractivity contribution >= 4 is 5.91 Å². The molecule has 0 aromatic carbocycles. The van der Waals surface area contributed by atoms with E-state index >= 15 is 0 Å². The zero-order chi connectivity index (χ0) is 10.8. The summed E-state index contributed by atoms with van der Waals surface area (Å²) in [5, 5.41) is 5.87. The summed E-state index contributed by atoms with van der Waals surface area (Å²) in [6.45, 7) is 6.05. The Labute approximate surface area is 87.6 Å². The highest BCUT2D eigenvalue weighted by molar-refractivity contribution is 5.75. The lowest BCUT2D eigenvalue weighted by Gasteiger charge is -2.06. The molecule has 0 spiro atoms. The van der Waals surface area contributed by atoms with Crippen LogP contribution in [-0.2, 0) is 4.79 Å². The highest BCUT2D eigenvalue weighted by atomic mass is 16.1. The maximum absolute atomic E-state index is 11.1. The molecule has 0 unspecified atom stereocenters. The molecule has 0 bridgehead atoms. The fraction of sp³-hybridized carbons (Fsp3) is 0.909. The normalized spacial score (nSPS) is 10.6. The van der Waals surface area contributed by atoms with E-state index in [1.165, 1.54) is 12.8 Å². The van der Waals surface area contributed by atoms with Crippen molar-refractivity contribution in [3.8, 4) is 0 Å². The zero-order valence-electron chi connectivity index (χ0n) is 9.73. The van der Waals surface area contributed by atoms with Crippen LogP contribution in [0.1, 0.15) is 39.5 Å². The third-order valence-electron chi connectivity index (χ3n) is 2.13. The number of rotatable bonds is 8. The van der Waals surface area contributed by atoms with Gasteiger partial charge in [-0.3, -0.25) is 4.79 Å². The summed E-state index contributed by atoms with van der Waals surface area (Å²) in [7, 11) is 1.86. The molecule has 0 radical (unpaired) electrons. The van der Waals surface area contributed by atoms with Crippen LogP contribution in [0.4, 0.5) is 0 Å². The van der Waals surface area contributed by atoms with Gasteiger partial charge in [-0.1, -0.05) is 26.7 Å². The Kier molecular flexibility index (Phi) is 8.64. The van der Waals surface area contributed by atoms with E-state index in [0.29, 0.717) is 6.42 Å². The lowest BCUT2D eigenvalue weighted by molar-refractivity contribution is -0.120. The average Bonchev–Trinajstić information content (AvgIpc) is 2.13. The monoisotopic (exact) mass is 200 g/mol. The standard InChI is InChI=1S/C11H24N2O/c1-10(2)6-4-5-8-13-11(14)7-9-12-3/h10,12H,4-9H2,1-3H3,(H,13,14). The number of nitrogens with one attached hydrogen (secondary N) is 2. The number of hydrogen-bond acceptors (Lipinski definition) is 2. The van der Waals surface area contributed by atoms with Crippen LogP contribution in [0, 0.1) is 5.92 Å². The number of unbranched alkanes of at least 4 members (excludes halogenated alkanes) is 1. The molecule has 3 nitrogen and oxygen atoms in total. The molecular formula is C11H24N2O. The Balaban J connectivity index is 3.15. The predicted octanol–water partition coefficient (Wildman–Crippen LogP) is 1.54. The Morgan fingerprint density at radius 2 is 1.93 bits per heavy atom. The number of amides is 1. The Hall–Kier alpha value is -0.570. The predicted molar refractivity (Wildman–Crippen MR) is 60.2 cm³/mol. The molecule has 0 aromatic heterocycles. The van der Waals surface area contributed by atoms with Crippen molar-refractivity contribution in [2.75, 3.05) is 20.1 Å². The summed E-state index contributed by atoms with van der Waals surface area (Å²) in [4.78, 5) is 11.1. The van der Waals surface area contributed by atoms with Crippen molar-refractivity contribution in [2.24, 2.45) is 5.92 Å². The second kappa shape index (κ2) is 9.00. The van der Waals surface area contributed by atoms with Crippen molar-refractivity contribution in [2.45, 2.75) is 39.5 Å². The van der Waals surface area contributed by atoms with Crippen molar-refractivity contribution in [3.05, 3.63) is 0 Å². The first-order valence-corrected chi connectivity index (χ1v) is 5.58. The summed E-state index contributed by atoms with van der Waals surface area (Å²) < 4.78 is 0. The molecule has 0 atom stereocenters. The molecule has 0 saturated heterocycles. The summed E-state index contributed by atoms with van der Waals surface area (Å²) in [5.41, 5.74) is 0. The molecule has 0 aromatic rings. The minimum atomic E-state index is 0.156. The maximum Gasteiger partial charge on any atom is 0.221 e. The van der Waals surface area contributed by atoms with Crippen molar-refractivity contribution in [3.63, 3.8) is 0 Å². The van der Waals surface area contributed by atoms with E-state index < -0.39 is 0 Å². The minimum Gasteiger partial charge on any atom is -0.356 e. The second-order valence-electron chi connectivity index (χ2n) is 4.09. The molecule has 0 aliphatic heterocycles. The smallest absolute Gasteiger partial charge is 0.221 e. The Bertz CT molecular complexity index is 146. The van der Waals surface area contributed by atoms with Crippen LogP contribution in [0.3, 0.4) is 0 Å². The first kappa shape index (κ1) is 13.4. The topological polar surface area (TPSA) is 41.1 Å². The molecule has 0 aliphatic carbocycles. The number of carbonyl (C=O) groups is 1. The molecule has 84 valence electrons. The van der Waals surface area contributed by atoms with Gasteiger partial charge in [0.2, 0.25) is 5.91 Å². The van der Waals surface area contributed by atoms with Crippen LogP contribution in [0.2, 0.25) is 0 Å². The number of carbonyl (C=O) groups excluding carboxylic acids is 1. The summed E-state index contributed by atoms with van der Waals surface area (Å²) in [6, 6.07) is 0. The van der Waals surface area contributed by atoms with Crippen molar-refractivity contribution in [1.29, 1.82) is 0 Å².